The highest BCUT2D eigenvalue weighted by Gasteiger charge is 2.29. The molecule has 1 fully saturated rings. The Bertz CT molecular complexity index is 439. The fraction of sp³-hybridized carbons (Fsp3) is 0.667. The molecule has 0 spiro atoms. The number of thiazole rings is 1. The quantitative estimate of drug-likeness (QED) is 0.837. The van der Waals surface area contributed by atoms with Crippen LogP contribution in [0, 0.1) is 5.92 Å². The second-order valence-corrected chi connectivity index (χ2v) is 6.11. The first-order valence-electron chi connectivity index (χ1n) is 6.27. The number of nitrogens with zero attached hydrogens (tertiary/aromatic N) is 1. The van der Waals surface area contributed by atoms with Crippen LogP contribution in [-0.4, -0.2) is 16.9 Å². The number of nitrogens with two attached hydrogens (primary N) is 1. The summed E-state index contributed by atoms with van der Waals surface area (Å²) in [4.78, 5) is 17.4. The van der Waals surface area contributed by atoms with Gasteiger partial charge in [-0.2, -0.15) is 0 Å². The molecule has 3 N–H and O–H groups in total. The number of nitrogens with one attached hydrogen (secondary N) is 1. The van der Waals surface area contributed by atoms with Gasteiger partial charge in [-0.05, 0) is 25.7 Å². The van der Waals surface area contributed by atoms with Crippen molar-refractivity contribution in [1.29, 1.82) is 0 Å². The van der Waals surface area contributed by atoms with Crippen molar-refractivity contribution < 1.29 is 4.79 Å². The standard InChI is InChI=1S/C12H17N3OS/c13-12-15-9-5-4-8(6-10(9)17-12)14-11(16)7-2-1-3-7/h7-8H,1-6H2,(H2,13,15)(H,14,16). The van der Waals surface area contributed by atoms with Gasteiger partial charge in [0.25, 0.3) is 0 Å². The van der Waals surface area contributed by atoms with Gasteiger partial charge < -0.3 is 11.1 Å². The van der Waals surface area contributed by atoms with Crippen LogP contribution in [0.3, 0.4) is 0 Å². The van der Waals surface area contributed by atoms with Crippen molar-refractivity contribution in [3.63, 3.8) is 0 Å². The Labute approximate surface area is 105 Å². The van der Waals surface area contributed by atoms with E-state index in [1.54, 1.807) is 11.3 Å². The Morgan fingerprint density at radius 1 is 1.41 bits per heavy atom. The molecule has 1 aromatic rings. The summed E-state index contributed by atoms with van der Waals surface area (Å²) in [6.07, 6.45) is 6.18. The molecule has 0 bridgehead atoms. The van der Waals surface area contributed by atoms with E-state index in [2.05, 4.69) is 10.3 Å². The van der Waals surface area contributed by atoms with E-state index in [1.165, 1.54) is 11.3 Å². The van der Waals surface area contributed by atoms with Gasteiger partial charge in [0.05, 0.1) is 5.69 Å². The Morgan fingerprint density at radius 3 is 2.94 bits per heavy atom. The van der Waals surface area contributed by atoms with Gasteiger partial charge in [0.15, 0.2) is 5.13 Å². The molecule has 2 aliphatic rings. The minimum Gasteiger partial charge on any atom is -0.375 e. The minimum atomic E-state index is 0.252. The molecule has 1 amide bonds. The molecule has 1 aromatic heterocycles. The second-order valence-electron chi connectivity index (χ2n) is 5.00. The molecule has 1 saturated carbocycles. The van der Waals surface area contributed by atoms with E-state index in [4.69, 9.17) is 5.73 Å². The Hall–Kier alpha value is -1.10. The highest BCUT2D eigenvalue weighted by atomic mass is 32.1. The van der Waals surface area contributed by atoms with Gasteiger partial charge in [0.2, 0.25) is 5.91 Å². The average Bonchev–Trinajstić information content (AvgIpc) is 2.54. The van der Waals surface area contributed by atoms with Crippen molar-refractivity contribution in [2.24, 2.45) is 5.92 Å². The number of carbonyl (C=O) groups is 1. The van der Waals surface area contributed by atoms with Gasteiger partial charge in [-0.25, -0.2) is 4.98 Å². The van der Waals surface area contributed by atoms with E-state index in [1.807, 2.05) is 0 Å². The van der Waals surface area contributed by atoms with Crippen molar-refractivity contribution in [2.75, 3.05) is 5.73 Å². The first-order chi connectivity index (χ1) is 8.22. The molecule has 1 unspecified atom stereocenters. The van der Waals surface area contributed by atoms with Gasteiger partial charge in [-0.1, -0.05) is 6.42 Å². The van der Waals surface area contributed by atoms with Crippen LogP contribution < -0.4 is 11.1 Å². The largest absolute Gasteiger partial charge is 0.375 e. The lowest BCUT2D eigenvalue weighted by Gasteiger charge is -2.28. The molecule has 92 valence electrons. The Balaban J connectivity index is 1.61. The lowest BCUT2D eigenvalue weighted by molar-refractivity contribution is -0.128. The summed E-state index contributed by atoms with van der Waals surface area (Å²) in [6, 6.07) is 0.287. The van der Waals surface area contributed by atoms with Gasteiger partial charge in [-0.3, -0.25) is 4.79 Å². The number of hydrogen-bond acceptors (Lipinski definition) is 4. The predicted molar refractivity (Wildman–Crippen MR) is 67.8 cm³/mol. The van der Waals surface area contributed by atoms with Crippen LogP contribution in [0.15, 0.2) is 0 Å². The van der Waals surface area contributed by atoms with Crippen LogP contribution in [0.5, 0.6) is 0 Å². The monoisotopic (exact) mass is 251 g/mol. The molecule has 17 heavy (non-hydrogen) atoms. The molecule has 1 heterocycles. The summed E-state index contributed by atoms with van der Waals surface area (Å²) in [5.74, 6) is 0.533. The number of aromatic nitrogens is 1. The lowest BCUT2D eigenvalue weighted by atomic mass is 9.84. The van der Waals surface area contributed by atoms with Crippen LogP contribution in [-0.2, 0) is 17.6 Å². The van der Waals surface area contributed by atoms with Crippen molar-refractivity contribution in [3.05, 3.63) is 10.6 Å². The third-order valence-electron chi connectivity index (χ3n) is 3.78. The van der Waals surface area contributed by atoms with Crippen LogP contribution in [0.1, 0.15) is 36.3 Å². The zero-order valence-corrected chi connectivity index (χ0v) is 10.6. The fourth-order valence-electron chi connectivity index (χ4n) is 2.51. The molecule has 4 nitrogen and oxygen atoms in total. The number of aryl methyl sites for hydroxylation is 1. The van der Waals surface area contributed by atoms with E-state index in [9.17, 15) is 4.79 Å². The molecule has 2 aliphatic carbocycles. The number of nitrogen functional groups attached to an aromatic ring is 1. The second kappa shape index (κ2) is 4.29. The van der Waals surface area contributed by atoms with Crippen molar-refractivity contribution in [3.8, 4) is 0 Å². The summed E-state index contributed by atoms with van der Waals surface area (Å²) < 4.78 is 0. The van der Waals surface area contributed by atoms with Crippen LogP contribution in [0.25, 0.3) is 0 Å². The van der Waals surface area contributed by atoms with E-state index >= 15 is 0 Å². The number of fused-ring (bicyclic) bond motifs is 1. The molecule has 3 rings (SSSR count). The summed E-state index contributed by atoms with van der Waals surface area (Å²) >= 11 is 1.56. The highest BCUT2D eigenvalue weighted by molar-refractivity contribution is 7.15. The number of anilines is 1. The summed E-state index contributed by atoms with van der Waals surface area (Å²) in [7, 11) is 0. The van der Waals surface area contributed by atoms with Crippen molar-refractivity contribution in [2.45, 2.75) is 44.6 Å². The van der Waals surface area contributed by atoms with E-state index in [0.29, 0.717) is 5.13 Å². The first kappa shape index (κ1) is 11.0. The average molecular weight is 251 g/mol. The summed E-state index contributed by atoms with van der Waals surface area (Å²) in [5.41, 5.74) is 6.84. The third-order valence-corrected chi connectivity index (χ3v) is 4.73. The maximum atomic E-state index is 11.9. The summed E-state index contributed by atoms with van der Waals surface area (Å²) in [5, 5.41) is 3.82. The Morgan fingerprint density at radius 2 is 2.24 bits per heavy atom. The van der Waals surface area contributed by atoms with Crippen LogP contribution in [0.4, 0.5) is 5.13 Å². The summed E-state index contributed by atoms with van der Waals surface area (Å²) in [6.45, 7) is 0. The van der Waals surface area contributed by atoms with Crippen molar-refractivity contribution in [1.82, 2.24) is 10.3 Å². The molecule has 0 aliphatic heterocycles. The third kappa shape index (κ3) is 2.16. The lowest BCUT2D eigenvalue weighted by Crippen LogP contribution is -2.43. The SMILES string of the molecule is Nc1nc2c(s1)CC(NC(=O)C1CCC1)CC2. The van der Waals surface area contributed by atoms with E-state index in [-0.39, 0.29) is 17.9 Å². The fourth-order valence-corrected chi connectivity index (χ4v) is 3.47. The van der Waals surface area contributed by atoms with Crippen LogP contribution in [0.2, 0.25) is 0 Å². The highest BCUT2D eigenvalue weighted by Crippen LogP contribution is 2.30. The van der Waals surface area contributed by atoms with Gasteiger partial charge >= 0.3 is 0 Å². The number of rotatable bonds is 2. The number of carbonyl (C=O) groups excluding carboxylic acids is 1. The van der Waals surface area contributed by atoms with Gasteiger partial charge in [0.1, 0.15) is 0 Å². The zero-order valence-electron chi connectivity index (χ0n) is 9.74. The molecule has 5 heteroatoms. The number of hydrogen-bond donors (Lipinski definition) is 2. The maximum absolute atomic E-state index is 11.9. The predicted octanol–water partition coefficient (Wildman–Crippen LogP) is 1.50. The topological polar surface area (TPSA) is 68.0 Å². The normalized spacial score (nSPS) is 23.9. The molecule has 1 atom stereocenters. The van der Waals surface area contributed by atoms with Gasteiger partial charge in [-0.15, -0.1) is 11.3 Å². The molecule has 0 radical (unpaired) electrons. The smallest absolute Gasteiger partial charge is 0.223 e. The van der Waals surface area contributed by atoms with Crippen molar-refractivity contribution >= 4 is 22.4 Å². The van der Waals surface area contributed by atoms with Crippen LogP contribution >= 0.6 is 11.3 Å². The first-order valence-corrected chi connectivity index (χ1v) is 7.08. The van der Waals surface area contributed by atoms with Gasteiger partial charge in [0, 0.05) is 23.3 Å². The molecular formula is C12H17N3OS. The zero-order chi connectivity index (χ0) is 11.8. The van der Waals surface area contributed by atoms with E-state index in [0.717, 1.165) is 37.8 Å². The minimum absolute atomic E-state index is 0.252. The van der Waals surface area contributed by atoms with E-state index < -0.39 is 0 Å². The number of amides is 1. The molecule has 0 saturated heterocycles. The molecular weight excluding hydrogens is 234 g/mol. The maximum Gasteiger partial charge on any atom is 0.223 e. The Kier molecular flexibility index (Phi) is 2.78. The molecule has 0 aromatic carbocycles.